The molecule has 1 aliphatic carbocycles. The molecule has 0 radical (unpaired) electrons. The van der Waals surface area contributed by atoms with Crippen LogP contribution in [0.2, 0.25) is 0 Å². The van der Waals surface area contributed by atoms with Crippen molar-refractivity contribution in [3.63, 3.8) is 0 Å². The van der Waals surface area contributed by atoms with Crippen molar-refractivity contribution in [1.29, 1.82) is 0 Å². The molecular weight excluding hydrogens is 424 g/mol. The van der Waals surface area contributed by atoms with Crippen LogP contribution in [-0.4, -0.2) is 33.5 Å². The Balaban J connectivity index is 1.69. The van der Waals surface area contributed by atoms with Crippen molar-refractivity contribution >= 4 is 15.7 Å². The molecule has 30 heavy (non-hydrogen) atoms. The summed E-state index contributed by atoms with van der Waals surface area (Å²) in [7, 11) is -3.99. The van der Waals surface area contributed by atoms with Gasteiger partial charge >= 0.3 is 12.5 Å². The van der Waals surface area contributed by atoms with Crippen LogP contribution in [-0.2, 0) is 22.9 Å². The zero-order valence-electron chi connectivity index (χ0n) is 16.2. The summed E-state index contributed by atoms with van der Waals surface area (Å²) in [5, 5.41) is 3.45. The van der Waals surface area contributed by atoms with Crippen molar-refractivity contribution in [3.05, 3.63) is 53.6 Å². The quantitative estimate of drug-likeness (QED) is 0.567. The van der Waals surface area contributed by atoms with E-state index in [0.717, 1.165) is 61.2 Å². The van der Waals surface area contributed by atoms with Gasteiger partial charge in [0.05, 0.1) is 4.90 Å². The SMILES string of the molecule is CCCNC1Cc2ccc(NS(=O)(=O)c3ccc(OC(F)(F)C(F)F)cc3)cc2C1. The molecule has 5 nitrogen and oxygen atoms in total. The minimum Gasteiger partial charge on any atom is -0.428 e. The Labute approximate surface area is 172 Å². The maximum Gasteiger partial charge on any atom is 0.461 e. The monoisotopic (exact) mass is 446 g/mol. The molecule has 0 saturated heterocycles. The van der Waals surface area contributed by atoms with E-state index in [2.05, 4.69) is 21.7 Å². The lowest BCUT2D eigenvalue weighted by molar-refractivity contribution is -0.253. The number of nitrogens with one attached hydrogen (secondary N) is 2. The summed E-state index contributed by atoms with van der Waals surface area (Å²) in [6.07, 6.45) is -5.95. The average Bonchev–Trinajstić information content (AvgIpc) is 3.08. The van der Waals surface area contributed by atoms with Gasteiger partial charge < -0.3 is 10.1 Å². The number of anilines is 1. The highest BCUT2D eigenvalue weighted by molar-refractivity contribution is 7.92. The van der Waals surface area contributed by atoms with Crippen molar-refractivity contribution in [2.24, 2.45) is 0 Å². The Morgan fingerprint density at radius 2 is 1.77 bits per heavy atom. The van der Waals surface area contributed by atoms with Gasteiger partial charge in [-0.3, -0.25) is 4.72 Å². The van der Waals surface area contributed by atoms with E-state index < -0.39 is 28.3 Å². The third-order valence-corrected chi connectivity index (χ3v) is 6.11. The third-order valence-electron chi connectivity index (χ3n) is 4.72. The number of sulfonamides is 1. The van der Waals surface area contributed by atoms with E-state index in [1.54, 1.807) is 12.1 Å². The highest BCUT2D eigenvalue weighted by Crippen LogP contribution is 2.29. The number of hydrogen-bond donors (Lipinski definition) is 2. The maximum absolute atomic E-state index is 13.0. The lowest BCUT2D eigenvalue weighted by Gasteiger charge is -2.17. The van der Waals surface area contributed by atoms with Crippen molar-refractivity contribution in [3.8, 4) is 5.75 Å². The molecule has 0 fully saturated rings. The summed E-state index contributed by atoms with van der Waals surface area (Å²) in [4.78, 5) is -0.210. The van der Waals surface area contributed by atoms with Gasteiger partial charge in [-0.05, 0) is 73.3 Å². The summed E-state index contributed by atoms with van der Waals surface area (Å²) in [5.74, 6) is -0.567. The molecule has 0 saturated carbocycles. The van der Waals surface area contributed by atoms with Gasteiger partial charge in [-0.25, -0.2) is 8.42 Å². The van der Waals surface area contributed by atoms with E-state index in [0.29, 0.717) is 11.7 Å². The van der Waals surface area contributed by atoms with Crippen LogP contribution in [0, 0.1) is 0 Å². The van der Waals surface area contributed by atoms with E-state index in [4.69, 9.17) is 0 Å². The van der Waals surface area contributed by atoms with Gasteiger partial charge in [0.25, 0.3) is 10.0 Å². The van der Waals surface area contributed by atoms with Crippen LogP contribution in [0.3, 0.4) is 0 Å². The van der Waals surface area contributed by atoms with Gasteiger partial charge in [-0.2, -0.15) is 17.6 Å². The fourth-order valence-corrected chi connectivity index (χ4v) is 4.33. The smallest absolute Gasteiger partial charge is 0.428 e. The van der Waals surface area contributed by atoms with Crippen LogP contribution in [0.15, 0.2) is 47.4 Å². The summed E-state index contributed by atoms with van der Waals surface area (Å²) in [6.45, 7) is 3.01. The Bertz CT molecular complexity index is 982. The Morgan fingerprint density at radius 3 is 2.40 bits per heavy atom. The topological polar surface area (TPSA) is 67.4 Å². The second-order valence-electron chi connectivity index (χ2n) is 7.08. The lowest BCUT2D eigenvalue weighted by Crippen LogP contribution is -2.33. The summed E-state index contributed by atoms with van der Waals surface area (Å²) in [5.41, 5.74) is 2.60. The number of alkyl halides is 4. The highest BCUT2D eigenvalue weighted by atomic mass is 32.2. The number of benzene rings is 2. The third kappa shape index (κ3) is 5.23. The second-order valence-corrected chi connectivity index (χ2v) is 8.77. The van der Waals surface area contributed by atoms with Crippen molar-refractivity contribution in [2.75, 3.05) is 11.3 Å². The van der Waals surface area contributed by atoms with Crippen LogP contribution in [0.4, 0.5) is 23.2 Å². The Hall–Kier alpha value is -2.33. The molecule has 164 valence electrons. The first-order valence-corrected chi connectivity index (χ1v) is 10.9. The average molecular weight is 446 g/mol. The maximum atomic E-state index is 13.0. The normalized spacial score (nSPS) is 16.5. The first kappa shape index (κ1) is 22.4. The van der Waals surface area contributed by atoms with Gasteiger partial charge in [0, 0.05) is 11.7 Å². The largest absolute Gasteiger partial charge is 0.461 e. The number of fused-ring (bicyclic) bond motifs is 1. The standard InChI is InChI=1S/C20H22F4N2O3S/c1-2-9-25-16-10-13-3-4-15(11-14(13)12-16)26-30(27,28)18-7-5-17(6-8-18)29-20(23,24)19(21)22/h3-8,11,16,19,25-26H,2,9-10,12H2,1H3. The van der Waals surface area contributed by atoms with Crippen molar-refractivity contribution < 1.29 is 30.7 Å². The van der Waals surface area contributed by atoms with Crippen molar-refractivity contribution in [2.45, 2.75) is 49.7 Å². The van der Waals surface area contributed by atoms with Gasteiger partial charge in [-0.15, -0.1) is 0 Å². The van der Waals surface area contributed by atoms with E-state index in [1.165, 1.54) is 0 Å². The number of hydrogen-bond acceptors (Lipinski definition) is 4. The number of ether oxygens (including phenoxy) is 1. The van der Waals surface area contributed by atoms with E-state index in [1.807, 2.05) is 6.07 Å². The van der Waals surface area contributed by atoms with Gasteiger partial charge in [0.1, 0.15) is 5.75 Å². The zero-order valence-corrected chi connectivity index (χ0v) is 17.0. The molecule has 0 bridgehead atoms. The predicted molar refractivity (Wildman–Crippen MR) is 105 cm³/mol. The van der Waals surface area contributed by atoms with Gasteiger partial charge in [0.2, 0.25) is 0 Å². The molecular formula is C20H22F4N2O3S. The molecule has 2 N–H and O–H groups in total. The van der Waals surface area contributed by atoms with E-state index >= 15 is 0 Å². The molecule has 2 aromatic carbocycles. The lowest BCUT2D eigenvalue weighted by atomic mass is 10.1. The molecule has 0 heterocycles. The summed E-state index contributed by atoms with van der Waals surface area (Å²) >= 11 is 0. The predicted octanol–water partition coefficient (Wildman–Crippen LogP) is 4.19. The minimum atomic E-state index is -4.66. The molecule has 0 spiro atoms. The molecule has 2 aromatic rings. The molecule has 10 heteroatoms. The Morgan fingerprint density at radius 1 is 1.10 bits per heavy atom. The van der Waals surface area contributed by atoms with Gasteiger partial charge in [-0.1, -0.05) is 13.0 Å². The van der Waals surface area contributed by atoms with Crippen LogP contribution < -0.4 is 14.8 Å². The first-order valence-electron chi connectivity index (χ1n) is 9.44. The molecule has 1 atom stereocenters. The molecule has 0 aromatic heterocycles. The van der Waals surface area contributed by atoms with Crippen LogP contribution >= 0.6 is 0 Å². The molecule has 1 unspecified atom stereocenters. The van der Waals surface area contributed by atoms with Crippen LogP contribution in [0.25, 0.3) is 0 Å². The fraction of sp³-hybridized carbons (Fsp3) is 0.400. The second kappa shape index (κ2) is 8.81. The molecule has 0 amide bonds. The van der Waals surface area contributed by atoms with Crippen LogP contribution in [0.1, 0.15) is 24.5 Å². The Kier molecular flexibility index (Phi) is 6.56. The molecule has 0 aliphatic heterocycles. The van der Waals surface area contributed by atoms with E-state index in [-0.39, 0.29) is 4.90 Å². The number of rotatable bonds is 9. The van der Waals surface area contributed by atoms with E-state index in [9.17, 15) is 26.0 Å². The molecule has 3 rings (SSSR count). The highest BCUT2D eigenvalue weighted by Gasteiger charge is 2.44. The van der Waals surface area contributed by atoms with Crippen molar-refractivity contribution in [1.82, 2.24) is 5.32 Å². The molecule has 1 aliphatic rings. The minimum absolute atomic E-state index is 0.210. The number of halogens is 4. The summed E-state index contributed by atoms with van der Waals surface area (Å²) in [6, 6.07) is 9.47. The fourth-order valence-electron chi connectivity index (χ4n) is 3.28. The van der Waals surface area contributed by atoms with Crippen LogP contribution in [0.5, 0.6) is 5.75 Å². The van der Waals surface area contributed by atoms with Gasteiger partial charge in [0.15, 0.2) is 0 Å². The first-order chi connectivity index (χ1) is 14.1. The summed E-state index contributed by atoms with van der Waals surface area (Å²) < 4.78 is 81.9. The zero-order chi connectivity index (χ0) is 21.9.